The Morgan fingerprint density at radius 1 is 1.36 bits per heavy atom. The van der Waals surface area contributed by atoms with E-state index < -0.39 is 0 Å². The first-order chi connectivity index (χ1) is 6.55. The fourth-order valence-electron chi connectivity index (χ4n) is 2.53. The quantitative estimate of drug-likeness (QED) is 0.723. The number of nitrogens with zero attached hydrogens (tertiary/aromatic N) is 1. The van der Waals surface area contributed by atoms with Gasteiger partial charge in [0.1, 0.15) is 0 Å². The largest absolute Gasteiger partial charge is 0.377 e. The molecule has 0 radical (unpaired) electrons. The zero-order valence-corrected chi connectivity index (χ0v) is 9.60. The molecule has 2 rings (SSSR count). The van der Waals surface area contributed by atoms with Gasteiger partial charge in [-0.3, -0.25) is 4.90 Å². The summed E-state index contributed by atoms with van der Waals surface area (Å²) >= 11 is 0. The van der Waals surface area contributed by atoms with Gasteiger partial charge in [-0.2, -0.15) is 0 Å². The summed E-state index contributed by atoms with van der Waals surface area (Å²) in [7, 11) is 1.83. The third kappa shape index (κ3) is 1.95. The molecule has 0 spiro atoms. The number of rotatable bonds is 3. The molecule has 2 aliphatic rings. The third-order valence-corrected chi connectivity index (χ3v) is 3.72. The Balaban J connectivity index is 1.84. The normalized spacial score (nSPS) is 37.1. The smallest absolute Gasteiger partial charge is 0.0789 e. The lowest BCUT2D eigenvalue weighted by atomic mass is 9.84. The van der Waals surface area contributed by atoms with Crippen LogP contribution in [0, 0.1) is 5.41 Å². The molecule has 0 aliphatic carbocycles. The van der Waals surface area contributed by atoms with E-state index in [1.54, 1.807) is 0 Å². The molecular weight excluding hydrogens is 176 g/mol. The minimum atomic E-state index is 0.105. The van der Waals surface area contributed by atoms with Crippen molar-refractivity contribution >= 4 is 0 Å². The van der Waals surface area contributed by atoms with E-state index in [1.165, 1.54) is 32.6 Å². The van der Waals surface area contributed by atoms with Crippen molar-refractivity contribution in [3.8, 4) is 0 Å². The van der Waals surface area contributed by atoms with E-state index in [2.05, 4.69) is 24.1 Å². The Kier molecular flexibility index (Phi) is 2.58. The third-order valence-electron chi connectivity index (χ3n) is 3.72. The maximum atomic E-state index is 5.54. The van der Waals surface area contributed by atoms with Gasteiger partial charge in [0.2, 0.25) is 0 Å². The van der Waals surface area contributed by atoms with Crippen LogP contribution in [0.25, 0.3) is 0 Å². The first-order valence-electron chi connectivity index (χ1n) is 5.54. The van der Waals surface area contributed by atoms with Crippen molar-refractivity contribution in [1.82, 2.24) is 10.2 Å². The zero-order chi connectivity index (χ0) is 10.2. The molecule has 2 heterocycles. The van der Waals surface area contributed by atoms with E-state index in [-0.39, 0.29) is 5.60 Å². The first-order valence-corrected chi connectivity index (χ1v) is 5.54. The summed E-state index contributed by atoms with van der Waals surface area (Å²) in [5, 5.41) is 3.35. The Morgan fingerprint density at radius 3 is 2.50 bits per heavy atom. The number of likely N-dealkylation sites (tertiary alicyclic amines) is 1. The number of hydrogen-bond donors (Lipinski definition) is 1. The molecule has 14 heavy (non-hydrogen) atoms. The van der Waals surface area contributed by atoms with Crippen LogP contribution >= 0.6 is 0 Å². The van der Waals surface area contributed by atoms with Gasteiger partial charge in [0, 0.05) is 45.2 Å². The molecule has 0 saturated carbocycles. The van der Waals surface area contributed by atoms with Crippen molar-refractivity contribution in [1.29, 1.82) is 0 Å². The SMILES string of the molecule is COC1(C)CCN(CC2(C)CNC2)C1. The van der Waals surface area contributed by atoms with Gasteiger partial charge in [0.15, 0.2) is 0 Å². The van der Waals surface area contributed by atoms with Gasteiger partial charge in [-0.15, -0.1) is 0 Å². The fraction of sp³-hybridized carbons (Fsp3) is 1.00. The molecule has 0 bridgehead atoms. The highest BCUT2D eigenvalue weighted by Crippen LogP contribution is 2.29. The van der Waals surface area contributed by atoms with Crippen LogP contribution < -0.4 is 5.32 Å². The monoisotopic (exact) mass is 198 g/mol. The second kappa shape index (κ2) is 3.47. The summed E-state index contributed by atoms with van der Waals surface area (Å²) < 4.78 is 5.54. The second-order valence-corrected chi connectivity index (χ2v) is 5.53. The molecule has 2 aliphatic heterocycles. The van der Waals surface area contributed by atoms with Crippen molar-refractivity contribution < 1.29 is 4.74 Å². The summed E-state index contributed by atoms with van der Waals surface area (Å²) in [5.41, 5.74) is 0.618. The summed E-state index contributed by atoms with van der Waals surface area (Å²) in [4.78, 5) is 2.55. The number of ether oxygens (including phenoxy) is 1. The predicted octanol–water partition coefficient (Wildman–Crippen LogP) is 0.707. The molecule has 0 aromatic carbocycles. The Morgan fingerprint density at radius 2 is 2.07 bits per heavy atom. The van der Waals surface area contributed by atoms with Crippen molar-refractivity contribution in [2.24, 2.45) is 5.41 Å². The van der Waals surface area contributed by atoms with Crippen LogP contribution in [-0.4, -0.2) is 50.3 Å². The highest BCUT2D eigenvalue weighted by molar-refractivity contribution is 4.95. The Bertz CT molecular complexity index is 215. The average Bonchev–Trinajstić information content (AvgIpc) is 2.46. The van der Waals surface area contributed by atoms with Crippen molar-refractivity contribution in [2.45, 2.75) is 25.9 Å². The summed E-state index contributed by atoms with van der Waals surface area (Å²) in [6, 6.07) is 0. The first kappa shape index (κ1) is 10.4. The maximum absolute atomic E-state index is 5.54. The van der Waals surface area contributed by atoms with Crippen LogP contribution in [-0.2, 0) is 4.74 Å². The van der Waals surface area contributed by atoms with Gasteiger partial charge in [0.25, 0.3) is 0 Å². The number of hydrogen-bond acceptors (Lipinski definition) is 3. The fourth-order valence-corrected chi connectivity index (χ4v) is 2.53. The van der Waals surface area contributed by atoms with E-state index in [1.807, 2.05) is 7.11 Å². The van der Waals surface area contributed by atoms with Crippen LogP contribution in [0.4, 0.5) is 0 Å². The molecule has 3 heteroatoms. The molecule has 0 aromatic heterocycles. The topological polar surface area (TPSA) is 24.5 Å². The summed E-state index contributed by atoms with van der Waals surface area (Å²) in [6.07, 6.45) is 1.17. The molecule has 0 amide bonds. The second-order valence-electron chi connectivity index (χ2n) is 5.53. The molecule has 2 saturated heterocycles. The van der Waals surface area contributed by atoms with E-state index in [0.717, 1.165) is 6.54 Å². The van der Waals surface area contributed by atoms with Crippen molar-refractivity contribution in [2.75, 3.05) is 39.8 Å². The molecule has 1 unspecified atom stereocenters. The summed E-state index contributed by atoms with van der Waals surface area (Å²) in [5.74, 6) is 0. The molecule has 3 nitrogen and oxygen atoms in total. The van der Waals surface area contributed by atoms with E-state index >= 15 is 0 Å². The minimum absolute atomic E-state index is 0.105. The van der Waals surface area contributed by atoms with Crippen LogP contribution in [0.3, 0.4) is 0 Å². The van der Waals surface area contributed by atoms with E-state index in [4.69, 9.17) is 4.74 Å². The lowest BCUT2D eigenvalue weighted by Crippen LogP contribution is -2.57. The number of methoxy groups -OCH3 is 1. The van der Waals surface area contributed by atoms with Gasteiger partial charge in [-0.1, -0.05) is 6.92 Å². The minimum Gasteiger partial charge on any atom is -0.377 e. The Hall–Kier alpha value is -0.120. The van der Waals surface area contributed by atoms with Crippen LogP contribution in [0.1, 0.15) is 20.3 Å². The standard InChI is InChI=1S/C11H22N2O/c1-10(6-12-7-10)8-13-5-4-11(2,9-13)14-3/h12H,4-9H2,1-3H3. The molecule has 1 N–H and O–H groups in total. The lowest BCUT2D eigenvalue weighted by molar-refractivity contribution is 0.00926. The molecule has 82 valence electrons. The van der Waals surface area contributed by atoms with E-state index in [0.29, 0.717) is 5.41 Å². The van der Waals surface area contributed by atoms with Crippen molar-refractivity contribution in [3.63, 3.8) is 0 Å². The molecule has 2 fully saturated rings. The molecular formula is C11H22N2O. The van der Waals surface area contributed by atoms with Crippen LogP contribution in [0.15, 0.2) is 0 Å². The summed E-state index contributed by atoms with van der Waals surface area (Å²) in [6.45, 7) is 10.4. The van der Waals surface area contributed by atoms with Gasteiger partial charge < -0.3 is 10.1 Å². The predicted molar refractivity (Wildman–Crippen MR) is 57.4 cm³/mol. The highest BCUT2D eigenvalue weighted by atomic mass is 16.5. The maximum Gasteiger partial charge on any atom is 0.0789 e. The van der Waals surface area contributed by atoms with Crippen molar-refractivity contribution in [3.05, 3.63) is 0 Å². The van der Waals surface area contributed by atoms with Gasteiger partial charge in [0.05, 0.1) is 5.60 Å². The molecule has 0 aromatic rings. The highest BCUT2D eigenvalue weighted by Gasteiger charge is 2.39. The average molecular weight is 198 g/mol. The van der Waals surface area contributed by atoms with Gasteiger partial charge in [-0.05, 0) is 13.3 Å². The lowest BCUT2D eigenvalue weighted by Gasteiger charge is -2.42. The molecule has 1 atom stereocenters. The van der Waals surface area contributed by atoms with E-state index in [9.17, 15) is 0 Å². The number of nitrogens with one attached hydrogen (secondary N) is 1. The van der Waals surface area contributed by atoms with Gasteiger partial charge >= 0.3 is 0 Å². The Labute approximate surface area is 86.8 Å². The van der Waals surface area contributed by atoms with Gasteiger partial charge in [-0.25, -0.2) is 0 Å². The van der Waals surface area contributed by atoms with Crippen LogP contribution in [0.5, 0.6) is 0 Å². The zero-order valence-electron chi connectivity index (χ0n) is 9.60. The van der Waals surface area contributed by atoms with Crippen LogP contribution in [0.2, 0.25) is 0 Å².